The van der Waals surface area contributed by atoms with E-state index >= 15 is 0 Å². The Balaban J connectivity index is 4.68. The second kappa shape index (κ2) is 7.82. The molecule has 0 rings (SSSR count). The zero-order chi connectivity index (χ0) is 16.0. The van der Waals surface area contributed by atoms with Crippen LogP contribution >= 0.6 is 0 Å². The van der Waals surface area contributed by atoms with Gasteiger partial charge in [-0.1, -0.05) is 26.8 Å². The van der Waals surface area contributed by atoms with E-state index in [2.05, 4.69) is 48.1 Å². The largest absolute Gasteiger partial charge is 0.334 e. The van der Waals surface area contributed by atoms with Crippen LogP contribution in [0.15, 0.2) is 12.7 Å². The average molecular weight is 282 g/mol. The molecule has 20 heavy (non-hydrogen) atoms. The lowest BCUT2D eigenvalue weighted by Gasteiger charge is -2.36. The molecule has 1 atom stereocenters. The Labute approximate surface area is 125 Å². The molecular formula is C17H34N2O. The molecule has 0 aliphatic heterocycles. The van der Waals surface area contributed by atoms with Gasteiger partial charge in [0.15, 0.2) is 0 Å². The number of rotatable bonds is 7. The van der Waals surface area contributed by atoms with E-state index in [1.165, 1.54) is 0 Å². The lowest BCUT2D eigenvalue weighted by Crippen LogP contribution is -2.45. The summed E-state index contributed by atoms with van der Waals surface area (Å²) in [5, 5.41) is 0. The fourth-order valence-electron chi connectivity index (χ4n) is 2.52. The van der Waals surface area contributed by atoms with E-state index in [0.29, 0.717) is 25.4 Å². The average Bonchev–Trinajstić information content (AvgIpc) is 2.28. The van der Waals surface area contributed by atoms with Gasteiger partial charge in [-0.15, -0.1) is 6.58 Å². The second-order valence-electron chi connectivity index (χ2n) is 7.64. The summed E-state index contributed by atoms with van der Waals surface area (Å²) >= 11 is 0. The highest BCUT2D eigenvalue weighted by Gasteiger charge is 2.28. The van der Waals surface area contributed by atoms with Gasteiger partial charge in [0.25, 0.3) is 0 Å². The van der Waals surface area contributed by atoms with Gasteiger partial charge in [0, 0.05) is 18.5 Å². The van der Waals surface area contributed by atoms with Crippen molar-refractivity contribution in [1.29, 1.82) is 0 Å². The van der Waals surface area contributed by atoms with E-state index < -0.39 is 0 Å². The third-order valence-electron chi connectivity index (χ3n) is 3.87. The molecule has 0 radical (unpaired) electrons. The number of hydrogen-bond acceptors (Lipinski definition) is 2. The summed E-state index contributed by atoms with van der Waals surface area (Å²) in [4.78, 5) is 14.4. The van der Waals surface area contributed by atoms with Crippen molar-refractivity contribution in [1.82, 2.24) is 4.90 Å². The summed E-state index contributed by atoms with van der Waals surface area (Å²) in [5.41, 5.74) is 5.74. The van der Waals surface area contributed by atoms with Crippen molar-refractivity contribution in [3.63, 3.8) is 0 Å². The van der Waals surface area contributed by atoms with Gasteiger partial charge in [0.1, 0.15) is 0 Å². The summed E-state index contributed by atoms with van der Waals surface area (Å²) in [7, 11) is 0. The van der Waals surface area contributed by atoms with Gasteiger partial charge >= 0.3 is 0 Å². The maximum absolute atomic E-state index is 12.5. The molecule has 2 N–H and O–H groups in total. The number of nitrogens with zero attached hydrogens (tertiary/aromatic N) is 1. The van der Waals surface area contributed by atoms with E-state index in [9.17, 15) is 4.79 Å². The van der Waals surface area contributed by atoms with Crippen LogP contribution in [-0.4, -0.2) is 29.4 Å². The van der Waals surface area contributed by atoms with Crippen molar-refractivity contribution in [3.8, 4) is 0 Å². The predicted octanol–water partition coefficient (Wildman–Crippen LogP) is 3.59. The van der Waals surface area contributed by atoms with Crippen molar-refractivity contribution >= 4 is 5.91 Å². The molecule has 3 heteroatoms. The zero-order valence-corrected chi connectivity index (χ0v) is 14.3. The molecule has 0 saturated heterocycles. The van der Waals surface area contributed by atoms with Crippen LogP contribution in [0, 0.1) is 11.3 Å². The van der Waals surface area contributed by atoms with Gasteiger partial charge in [0.05, 0.1) is 0 Å². The number of hydrogen-bond donors (Lipinski definition) is 1. The van der Waals surface area contributed by atoms with Crippen LogP contribution in [0.4, 0.5) is 0 Å². The fourth-order valence-corrected chi connectivity index (χ4v) is 2.52. The van der Waals surface area contributed by atoms with Crippen LogP contribution in [0.5, 0.6) is 0 Å². The Morgan fingerprint density at radius 2 is 1.75 bits per heavy atom. The normalized spacial score (nSPS) is 13.9. The maximum Gasteiger partial charge on any atom is 0.223 e. The predicted molar refractivity (Wildman–Crippen MR) is 87.5 cm³/mol. The summed E-state index contributed by atoms with van der Waals surface area (Å²) in [6.45, 7) is 17.9. The molecule has 0 aromatic carbocycles. The van der Waals surface area contributed by atoms with E-state index in [1.54, 1.807) is 6.08 Å². The Morgan fingerprint density at radius 1 is 1.20 bits per heavy atom. The van der Waals surface area contributed by atoms with Gasteiger partial charge in [-0.2, -0.15) is 0 Å². The first-order valence-electron chi connectivity index (χ1n) is 7.65. The van der Waals surface area contributed by atoms with Gasteiger partial charge in [-0.3, -0.25) is 4.79 Å². The molecule has 1 unspecified atom stereocenters. The minimum atomic E-state index is -0.156. The highest BCUT2D eigenvalue weighted by molar-refractivity contribution is 5.77. The topological polar surface area (TPSA) is 46.3 Å². The van der Waals surface area contributed by atoms with Gasteiger partial charge in [0.2, 0.25) is 5.91 Å². The lowest BCUT2D eigenvalue weighted by molar-refractivity contribution is -0.135. The van der Waals surface area contributed by atoms with Crippen LogP contribution < -0.4 is 5.73 Å². The molecular weight excluding hydrogens is 248 g/mol. The van der Waals surface area contributed by atoms with Gasteiger partial charge < -0.3 is 10.6 Å². The minimum Gasteiger partial charge on any atom is -0.334 e. The van der Waals surface area contributed by atoms with Gasteiger partial charge in [-0.25, -0.2) is 0 Å². The van der Waals surface area contributed by atoms with E-state index in [0.717, 1.165) is 12.8 Å². The summed E-state index contributed by atoms with van der Waals surface area (Å²) in [6.07, 6.45) is 4.27. The molecule has 1 amide bonds. The summed E-state index contributed by atoms with van der Waals surface area (Å²) in [6, 6.07) is 0. The smallest absolute Gasteiger partial charge is 0.223 e. The molecule has 0 aromatic rings. The Hall–Kier alpha value is -0.830. The maximum atomic E-state index is 12.5. The van der Waals surface area contributed by atoms with Crippen molar-refractivity contribution in [3.05, 3.63) is 12.7 Å². The van der Waals surface area contributed by atoms with Crippen molar-refractivity contribution < 1.29 is 4.79 Å². The van der Waals surface area contributed by atoms with Crippen molar-refractivity contribution in [2.45, 2.75) is 66.3 Å². The monoisotopic (exact) mass is 282 g/mol. The highest BCUT2D eigenvalue weighted by atomic mass is 16.2. The molecule has 118 valence electrons. The van der Waals surface area contributed by atoms with E-state index in [1.807, 2.05) is 4.90 Å². The first kappa shape index (κ1) is 19.2. The molecule has 0 spiro atoms. The second-order valence-corrected chi connectivity index (χ2v) is 7.64. The van der Waals surface area contributed by atoms with Crippen LogP contribution in [-0.2, 0) is 4.79 Å². The molecule has 3 nitrogen and oxygen atoms in total. The SMILES string of the molecule is C=CCN(C(=O)CCC(CCN)C(C)(C)C)C(C)(C)C. The summed E-state index contributed by atoms with van der Waals surface area (Å²) in [5.74, 6) is 0.700. The first-order chi connectivity index (χ1) is 9.04. The quantitative estimate of drug-likeness (QED) is 0.725. The molecule has 0 aliphatic rings. The number of carbonyl (C=O) groups is 1. The Kier molecular flexibility index (Phi) is 7.50. The molecule has 0 bridgehead atoms. The van der Waals surface area contributed by atoms with Crippen LogP contribution in [0.2, 0.25) is 0 Å². The van der Waals surface area contributed by atoms with Crippen molar-refractivity contribution in [2.24, 2.45) is 17.1 Å². The molecule has 0 aromatic heterocycles. The van der Waals surface area contributed by atoms with E-state index in [-0.39, 0.29) is 16.9 Å². The minimum absolute atomic E-state index is 0.156. The molecule has 0 aliphatic carbocycles. The van der Waals surface area contributed by atoms with Crippen LogP contribution in [0.3, 0.4) is 0 Å². The Morgan fingerprint density at radius 3 is 2.10 bits per heavy atom. The third kappa shape index (κ3) is 6.56. The number of carbonyl (C=O) groups excluding carboxylic acids is 1. The van der Waals surface area contributed by atoms with Crippen molar-refractivity contribution in [2.75, 3.05) is 13.1 Å². The first-order valence-corrected chi connectivity index (χ1v) is 7.65. The number of nitrogens with two attached hydrogens (primary N) is 1. The van der Waals surface area contributed by atoms with Crippen LogP contribution in [0.25, 0.3) is 0 Å². The highest BCUT2D eigenvalue weighted by Crippen LogP contribution is 2.32. The number of amides is 1. The molecule has 0 fully saturated rings. The fraction of sp³-hybridized carbons (Fsp3) is 0.824. The third-order valence-corrected chi connectivity index (χ3v) is 3.87. The van der Waals surface area contributed by atoms with Crippen LogP contribution in [0.1, 0.15) is 60.8 Å². The van der Waals surface area contributed by atoms with E-state index in [4.69, 9.17) is 5.73 Å². The standard InChI is InChI=1S/C17H34N2O/c1-8-13-19(17(5,6)7)15(20)10-9-14(11-12-18)16(2,3)4/h8,14H,1,9-13,18H2,2-7H3. The van der Waals surface area contributed by atoms with Gasteiger partial charge in [-0.05, 0) is 51.5 Å². The summed E-state index contributed by atoms with van der Waals surface area (Å²) < 4.78 is 0. The molecule has 0 saturated carbocycles. The zero-order valence-electron chi connectivity index (χ0n) is 14.3. The Bertz CT molecular complexity index is 310. The lowest BCUT2D eigenvalue weighted by atomic mass is 9.76. The molecule has 0 heterocycles.